The van der Waals surface area contributed by atoms with Gasteiger partial charge in [-0.05, 0) is 18.9 Å². The van der Waals surface area contributed by atoms with Crippen LogP contribution in [0, 0.1) is 0 Å². The highest BCUT2D eigenvalue weighted by molar-refractivity contribution is 7.89. The van der Waals surface area contributed by atoms with Gasteiger partial charge in [0.1, 0.15) is 0 Å². The maximum absolute atomic E-state index is 12.2. The molecule has 1 fully saturated rings. The van der Waals surface area contributed by atoms with Crippen LogP contribution in [0.1, 0.15) is 48.7 Å². The summed E-state index contributed by atoms with van der Waals surface area (Å²) < 4.78 is 25.7. The number of hydrogen-bond acceptors (Lipinski definition) is 4. The van der Waals surface area contributed by atoms with Gasteiger partial charge in [-0.25, -0.2) is 12.7 Å². The monoisotopic (exact) mass is 330 g/mol. The van der Waals surface area contributed by atoms with Crippen LogP contribution in [0.4, 0.5) is 0 Å². The molecule has 0 saturated heterocycles. The van der Waals surface area contributed by atoms with Gasteiger partial charge in [0.05, 0.1) is 9.77 Å². The van der Waals surface area contributed by atoms with E-state index in [0.717, 1.165) is 25.7 Å². The van der Waals surface area contributed by atoms with E-state index in [1.165, 1.54) is 40.6 Å². The van der Waals surface area contributed by atoms with Gasteiger partial charge < -0.3 is 5.32 Å². The van der Waals surface area contributed by atoms with Crippen molar-refractivity contribution in [3.05, 3.63) is 16.3 Å². The van der Waals surface area contributed by atoms with E-state index < -0.39 is 10.0 Å². The van der Waals surface area contributed by atoms with Crippen molar-refractivity contribution in [1.82, 2.24) is 9.62 Å². The van der Waals surface area contributed by atoms with E-state index >= 15 is 0 Å². The number of amides is 1. The molecule has 5 nitrogen and oxygen atoms in total. The molecule has 0 atom stereocenters. The molecule has 0 bridgehead atoms. The lowest BCUT2D eigenvalue weighted by atomic mass is 9.95. The van der Waals surface area contributed by atoms with Crippen LogP contribution in [0.5, 0.6) is 0 Å². The van der Waals surface area contributed by atoms with Crippen molar-refractivity contribution in [2.24, 2.45) is 0 Å². The Labute approximate surface area is 130 Å². The van der Waals surface area contributed by atoms with E-state index in [-0.39, 0.29) is 16.8 Å². The zero-order chi connectivity index (χ0) is 15.5. The molecule has 0 unspecified atom stereocenters. The van der Waals surface area contributed by atoms with Gasteiger partial charge >= 0.3 is 0 Å². The fourth-order valence-electron chi connectivity index (χ4n) is 2.43. The predicted molar refractivity (Wildman–Crippen MR) is 84.1 cm³/mol. The third kappa shape index (κ3) is 3.84. The first kappa shape index (κ1) is 16.5. The SMILES string of the molecule is CCN(C)S(=O)(=O)c1csc(C(=O)NC2CCCCC2)c1. The van der Waals surface area contributed by atoms with Gasteiger partial charge in [0.2, 0.25) is 10.0 Å². The fourth-order valence-corrected chi connectivity index (χ4v) is 4.77. The Morgan fingerprint density at radius 3 is 2.67 bits per heavy atom. The molecule has 7 heteroatoms. The van der Waals surface area contributed by atoms with Crippen molar-refractivity contribution in [1.29, 1.82) is 0 Å². The fraction of sp³-hybridized carbons (Fsp3) is 0.643. The number of thiophene rings is 1. The highest BCUT2D eigenvalue weighted by atomic mass is 32.2. The van der Waals surface area contributed by atoms with Gasteiger partial charge in [-0.15, -0.1) is 11.3 Å². The Hall–Kier alpha value is -0.920. The van der Waals surface area contributed by atoms with E-state index in [4.69, 9.17) is 0 Å². The summed E-state index contributed by atoms with van der Waals surface area (Å²) in [5.74, 6) is -0.160. The number of carbonyl (C=O) groups excluding carboxylic acids is 1. The van der Waals surface area contributed by atoms with Crippen LogP contribution in [0.25, 0.3) is 0 Å². The van der Waals surface area contributed by atoms with Crippen molar-refractivity contribution < 1.29 is 13.2 Å². The van der Waals surface area contributed by atoms with Crippen molar-refractivity contribution in [2.75, 3.05) is 13.6 Å². The molecule has 1 aliphatic rings. The summed E-state index contributed by atoms with van der Waals surface area (Å²) in [5, 5.41) is 4.55. The van der Waals surface area contributed by atoms with E-state index in [9.17, 15) is 13.2 Å². The lowest BCUT2D eigenvalue weighted by Gasteiger charge is -2.22. The van der Waals surface area contributed by atoms with Crippen molar-refractivity contribution >= 4 is 27.3 Å². The van der Waals surface area contributed by atoms with Gasteiger partial charge in [-0.3, -0.25) is 4.79 Å². The Bertz CT molecular complexity index is 589. The molecule has 1 N–H and O–H groups in total. The summed E-state index contributed by atoms with van der Waals surface area (Å²) in [6, 6.07) is 1.70. The second kappa shape index (κ2) is 6.89. The molecular weight excluding hydrogens is 308 g/mol. The average molecular weight is 330 g/mol. The van der Waals surface area contributed by atoms with Crippen LogP contribution >= 0.6 is 11.3 Å². The quantitative estimate of drug-likeness (QED) is 0.902. The number of nitrogens with zero attached hydrogens (tertiary/aromatic N) is 1. The summed E-state index contributed by atoms with van der Waals surface area (Å²) in [5.41, 5.74) is 0. The summed E-state index contributed by atoms with van der Waals surface area (Å²) >= 11 is 1.18. The first-order valence-electron chi connectivity index (χ1n) is 7.31. The van der Waals surface area contributed by atoms with E-state index in [2.05, 4.69) is 5.32 Å². The number of hydrogen-bond donors (Lipinski definition) is 1. The molecule has 0 radical (unpaired) electrons. The number of carbonyl (C=O) groups is 1. The normalized spacial score (nSPS) is 17.1. The van der Waals surface area contributed by atoms with Crippen LogP contribution < -0.4 is 5.32 Å². The molecule has 1 heterocycles. The number of sulfonamides is 1. The maximum Gasteiger partial charge on any atom is 0.261 e. The topological polar surface area (TPSA) is 66.5 Å². The Morgan fingerprint density at radius 2 is 2.05 bits per heavy atom. The third-order valence-electron chi connectivity index (χ3n) is 3.89. The highest BCUT2D eigenvalue weighted by Crippen LogP contribution is 2.23. The molecule has 1 aromatic rings. The highest BCUT2D eigenvalue weighted by Gasteiger charge is 2.23. The Morgan fingerprint density at radius 1 is 1.38 bits per heavy atom. The molecule has 118 valence electrons. The summed E-state index contributed by atoms with van der Waals surface area (Å²) in [6.45, 7) is 2.18. The molecule has 1 saturated carbocycles. The summed E-state index contributed by atoms with van der Waals surface area (Å²) in [4.78, 5) is 12.8. The first-order valence-corrected chi connectivity index (χ1v) is 9.63. The minimum absolute atomic E-state index is 0.160. The van der Waals surface area contributed by atoms with Crippen molar-refractivity contribution in [2.45, 2.75) is 50.0 Å². The molecule has 1 aliphatic carbocycles. The molecular formula is C14H22N2O3S2. The molecule has 0 aliphatic heterocycles. The van der Waals surface area contributed by atoms with Gasteiger partial charge in [-0.1, -0.05) is 26.2 Å². The van der Waals surface area contributed by atoms with Crippen LogP contribution in [0.2, 0.25) is 0 Å². The molecule has 21 heavy (non-hydrogen) atoms. The predicted octanol–water partition coefficient (Wildman–Crippen LogP) is 2.45. The van der Waals surface area contributed by atoms with Crippen LogP contribution in [-0.2, 0) is 10.0 Å². The van der Waals surface area contributed by atoms with Gasteiger partial charge in [-0.2, -0.15) is 0 Å². The number of rotatable bonds is 5. The Balaban J connectivity index is 2.07. The van der Waals surface area contributed by atoms with Crippen LogP contribution in [0.3, 0.4) is 0 Å². The molecule has 0 aromatic carbocycles. The third-order valence-corrected chi connectivity index (χ3v) is 6.88. The standard InChI is InChI=1S/C14H22N2O3S2/c1-3-16(2)21(18,19)12-9-13(20-10-12)14(17)15-11-7-5-4-6-8-11/h9-11H,3-8H2,1-2H3,(H,15,17). The summed E-state index contributed by atoms with van der Waals surface area (Å²) in [7, 11) is -1.93. The first-order chi connectivity index (χ1) is 9.95. The smallest absolute Gasteiger partial charge is 0.261 e. The second-order valence-electron chi connectivity index (χ2n) is 5.37. The van der Waals surface area contributed by atoms with Crippen LogP contribution in [0.15, 0.2) is 16.3 Å². The second-order valence-corrected chi connectivity index (χ2v) is 8.33. The van der Waals surface area contributed by atoms with Gasteiger partial charge in [0, 0.05) is 25.0 Å². The lowest BCUT2D eigenvalue weighted by Crippen LogP contribution is -2.35. The van der Waals surface area contributed by atoms with E-state index in [0.29, 0.717) is 11.4 Å². The maximum atomic E-state index is 12.2. The largest absolute Gasteiger partial charge is 0.349 e. The summed E-state index contributed by atoms with van der Waals surface area (Å²) in [6.07, 6.45) is 5.56. The number of nitrogens with one attached hydrogen (secondary N) is 1. The van der Waals surface area contributed by atoms with Gasteiger partial charge in [0.25, 0.3) is 5.91 Å². The van der Waals surface area contributed by atoms with Crippen molar-refractivity contribution in [3.63, 3.8) is 0 Å². The van der Waals surface area contributed by atoms with E-state index in [1.54, 1.807) is 6.92 Å². The molecule has 0 spiro atoms. The molecule has 2 rings (SSSR count). The van der Waals surface area contributed by atoms with Crippen molar-refractivity contribution in [3.8, 4) is 0 Å². The molecule has 1 amide bonds. The van der Waals surface area contributed by atoms with Gasteiger partial charge in [0.15, 0.2) is 0 Å². The Kier molecular flexibility index (Phi) is 5.40. The molecule has 1 aromatic heterocycles. The average Bonchev–Trinajstić information content (AvgIpc) is 2.98. The minimum atomic E-state index is -3.47. The lowest BCUT2D eigenvalue weighted by molar-refractivity contribution is 0.0931. The van der Waals surface area contributed by atoms with Crippen LogP contribution in [-0.4, -0.2) is 38.3 Å². The minimum Gasteiger partial charge on any atom is -0.349 e. The zero-order valence-corrected chi connectivity index (χ0v) is 14.1. The van der Waals surface area contributed by atoms with E-state index in [1.807, 2.05) is 0 Å². The zero-order valence-electron chi connectivity index (χ0n) is 12.5.